The Morgan fingerprint density at radius 1 is 1.39 bits per heavy atom. The quantitative estimate of drug-likeness (QED) is 0.884. The Kier molecular flexibility index (Phi) is 4.66. The molecule has 0 bridgehead atoms. The van der Waals surface area contributed by atoms with Crippen LogP contribution in [-0.2, 0) is 0 Å². The number of carbonyl (C=O) groups is 1. The van der Waals surface area contributed by atoms with Gasteiger partial charge in [0, 0.05) is 13.2 Å². The Hall–Kier alpha value is -1.00. The van der Waals surface area contributed by atoms with E-state index in [2.05, 4.69) is 5.32 Å². The molecule has 18 heavy (non-hydrogen) atoms. The lowest BCUT2D eigenvalue weighted by Gasteiger charge is -2.30. The van der Waals surface area contributed by atoms with Crippen molar-refractivity contribution in [2.45, 2.75) is 25.7 Å². The standard InChI is InChI=1S/C13H18ClNO3/c14-12-6-5-11(18-12)13(17)15-7-9-3-1-2-4-10(9)8-16/h5-6,9-10,16H,1-4,7-8H2,(H,15,17). The number of halogens is 1. The molecule has 2 N–H and O–H groups in total. The number of aliphatic hydroxyl groups is 1. The zero-order valence-corrected chi connectivity index (χ0v) is 10.9. The molecule has 1 fully saturated rings. The van der Waals surface area contributed by atoms with E-state index >= 15 is 0 Å². The van der Waals surface area contributed by atoms with Gasteiger partial charge in [0.05, 0.1) is 0 Å². The summed E-state index contributed by atoms with van der Waals surface area (Å²) < 4.78 is 5.04. The van der Waals surface area contributed by atoms with Gasteiger partial charge < -0.3 is 14.8 Å². The fourth-order valence-corrected chi connectivity index (χ4v) is 2.69. The molecule has 1 aromatic heterocycles. The van der Waals surface area contributed by atoms with Gasteiger partial charge in [0.1, 0.15) is 0 Å². The highest BCUT2D eigenvalue weighted by atomic mass is 35.5. The minimum absolute atomic E-state index is 0.202. The van der Waals surface area contributed by atoms with Crippen LogP contribution in [0.1, 0.15) is 36.2 Å². The Morgan fingerprint density at radius 3 is 2.72 bits per heavy atom. The molecule has 1 aliphatic rings. The topological polar surface area (TPSA) is 62.5 Å². The first-order valence-corrected chi connectivity index (χ1v) is 6.73. The highest BCUT2D eigenvalue weighted by Crippen LogP contribution is 2.29. The molecule has 1 saturated carbocycles. The van der Waals surface area contributed by atoms with Gasteiger partial charge in [0.25, 0.3) is 5.91 Å². The lowest BCUT2D eigenvalue weighted by Crippen LogP contribution is -2.35. The number of hydrogen-bond donors (Lipinski definition) is 2. The maximum atomic E-state index is 11.8. The molecule has 0 radical (unpaired) electrons. The van der Waals surface area contributed by atoms with Crippen LogP contribution in [0, 0.1) is 11.8 Å². The van der Waals surface area contributed by atoms with E-state index in [9.17, 15) is 9.90 Å². The van der Waals surface area contributed by atoms with E-state index in [4.69, 9.17) is 16.0 Å². The maximum Gasteiger partial charge on any atom is 0.287 e. The number of amides is 1. The van der Waals surface area contributed by atoms with Crippen LogP contribution in [0.3, 0.4) is 0 Å². The van der Waals surface area contributed by atoms with Crippen LogP contribution in [0.4, 0.5) is 0 Å². The average Bonchev–Trinajstić information content (AvgIpc) is 2.83. The van der Waals surface area contributed by atoms with Gasteiger partial charge >= 0.3 is 0 Å². The van der Waals surface area contributed by atoms with Crippen LogP contribution >= 0.6 is 11.6 Å². The van der Waals surface area contributed by atoms with Gasteiger partial charge in [-0.3, -0.25) is 4.79 Å². The Morgan fingerprint density at radius 2 is 2.11 bits per heavy atom. The minimum atomic E-state index is -0.246. The fourth-order valence-electron chi connectivity index (χ4n) is 2.54. The number of furan rings is 1. The van der Waals surface area contributed by atoms with E-state index in [1.807, 2.05) is 0 Å². The predicted molar refractivity (Wildman–Crippen MR) is 68.6 cm³/mol. The molecule has 5 heteroatoms. The van der Waals surface area contributed by atoms with Crippen molar-refractivity contribution in [1.29, 1.82) is 0 Å². The summed E-state index contributed by atoms with van der Waals surface area (Å²) in [5, 5.41) is 12.4. The van der Waals surface area contributed by atoms with Crippen LogP contribution in [0.15, 0.2) is 16.5 Å². The SMILES string of the molecule is O=C(NCC1CCCCC1CO)c1ccc(Cl)o1. The van der Waals surface area contributed by atoms with Crippen LogP contribution < -0.4 is 5.32 Å². The molecule has 1 aliphatic carbocycles. The molecular formula is C13H18ClNO3. The highest BCUT2D eigenvalue weighted by molar-refractivity contribution is 6.29. The summed E-state index contributed by atoms with van der Waals surface area (Å²) in [5.74, 6) is 0.651. The summed E-state index contributed by atoms with van der Waals surface area (Å²) in [6, 6.07) is 3.11. The van der Waals surface area contributed by atoms with Crippen LogP contribution in [0.25, 0.3) is 0 Å². The summed E-state index contributed by atoms with van der Waals surface area (Å²) in [6.07, 6.45) is 4.45. The fraction of sp³-hybridized carbons (Fsp3) is 0.615. The van der Waals surface area contributed by atoms with Crippen molar-refractivity contribution >= 4 is 17.5 Å². The summed E-state index contributed by atoms with van der Waals surface area (Å²) >= 11 is 5.62. The van der Waals surface area contributed by atoms with Gasteiger partial charge in [0.15, 0.2) is 11.0 Å². The van der Waals surface area contributed by atoms with Crippen LogP contribution in [-0.4, -0.2) is 24.2 Å². The van der Waals surface area contributed by atoms with Crippen molar-refractivity contribution in [3.63, 3.8) is 0 Å². The van der Waals surface area contributed by atoms with Gasteiger partial charge in [0.2, 0.25) is 0 Å². The number of rotatable bonds is 4. The van der Waals surface area contributed by atoms with E-state index in [0.717, 1.165) is 12.8 Å². The number of aliphatic hydroxyl groups excluding tert-OH is 1. The second-order valence-electron chi connectivity index (χ2n) is 4.80. The molecule has 2 rings (SSSR count). The number of carbonyl (C=O) groups excluding carboxylic acids is 1. The third-order valence-corrected chi connectivity index (χ3v) is 3.83. The molecule has 1 aromatic rings. The molecule has 1 heterocycles. The third kappa shape index (κ3) is 3.27. The van der Waals surface area contributed by atoms with Gasteiger partial charge in [-0.1, -0.05) is 12.8 Å². The first kappa shape index (κ1) is 13.4. The van der Waals surface area contributed by atoms with E-state index < -0.39 is 0 Å². The summed E-state index contributed by atoms with van der Waals surface area (Å²) in [6.45, 7) is 0.787. The maximum absolute atomic E-state index is 11.8. The first-order valence-electron chi connectivity index (χ1n) is 6.35. The molecule has 4 nitrogen and oxygen atoms in total. The minimum Gasteiger partial charge on any atom is -0.440 e. The monoisotopic (exact) mass is 271 g/mol. The zero-order chi connectivity index (χ0) is 13.0. The van der Waals surface area contributed by atoms with Gasteiger partial charge in [-0.15, -0.1) is 0 Å². The van der Waals surface area contributed by atoms with Gasteiger partial charge in [-0.2, -0.15) is 0 Å². The largest absolute Gasteiger partial charge is 0.440 e. The Labute approximate surface area is 111 Å². The first-order chi connectivity index (χ1) is 8.70. The van der Waals surface area contributed by atoms with Gasteiger partial charge in [-0.25, -0.2) is 0 Å². The molecule has 2 atom stereocenters. The van der Waals surface area contributed by atoms with Gasteiger partial charge in [-0.05, 0) is 48.4 Å². The molecule has 0 aliphatic heterocycles. The second-order valence-corrected chi connectivity index (χ2v) is 5.17. The van der Waals surface area contributed by atoms with E-state index in [-0.39, 0.29) is 23.5 Å². The summed E-state index contributed by atoms with van der Waals surface area (Å²) in [7, 11) is 0. The lowest BCUT2D eigenvalue weighted by atomic mass is 9.79. The zero-order valence-electron chi connectivity index (χ0n) is 10.2. The molecule has 0 aromatic carbocycles. The molecule has 0 saturated heterocycles. The molecule has 100 valence electrons. The van der Waals surface area contributed by atoms with Crippen molar-refractivity contribution in [3.05, 3.63) is 23.1 Å². The Balaban J connectivity index is 1.85. The van der Waals surface area contributed by atoms with Crippen molar-refractivity contribution in [3.8, 4) is 0 Å². The smallest absolute Gasteiger partial charge is 0.287 e. The van der Waals surface area contributed by atoms with E-state index in [1.54, 1.807) is 12.1 Å². The average molecular weight is 272 g/mol. The lowest BCUT2D eigenvalue weighted by molar-refractivity contribution is 0.0883. The molecule has 2 unspecified atom stereocenters. The predicted octanol–water partition coefficient (Wildman–Crippen LogP) is 2.46. The highest BCUT2D eigenvalue weighted by Gasteiger charge is 2.25. The second kappa shape index (κ2) is 6.25. The Bertz CT molecular complexity index is 405. The number of hydrogen-bond acceptors (Lipinski definition) is 3. The van der Waals surface area contributed by atoms with E-state index in [0.29, 0.717) is 18.4 Å². The van der Waals surface area contributed by atoms with Crippen molar-refractivity contribution in [2.24, 2.45) is 11.8 Å². The summed E-state index contributed by atoms with van der Waals surface area (Å²) in [5.41, 5.74) is 0. The van der Waals surface area contributed by atoms with Crippen molar-refractivity contribution in [2.75, 3.05) is 13.2 Å². The number of nitrogens with one attached hydrogen (secondary N) is 1. The van der Waals surface area contributed by atoms with E-state index in [1.165, 1.54) is 12.8 Å². The van der Waals surface area contributed by atoms with Crippen LogP contribution in [0.2, 0.25) is 5.22 Å². The summed E-state index contributed by atoms with van der Waals surface area (Å²) in [4.78, 5) is 11.8. The molecule has 0 spiro atoms. The molecule has 1 amide bonds. The van der Waals surface area contributed by atoms with Crippen molar-refractivity contribution < 1.29 is 14.3 Å². The third-order valence-electron chi connectivity index (χ3n) is 3.62. The molecular weight excluding hydrogens is 254 g/mol. The normalized spacial score (nSPS) is 23.9. The van der Waals surface area contributed by atoms with Crippen molar-refractivity contribution in [1.82, 2.24) is 5.32 Å². The van der Waals surface area contributed by atoms with Crippen LogP contribution in [0.5, 0.6) is 0 Å².